The molecule has 2 aromatic rings. The molecule has 126 valence electrons. The van der Waals surface area contributed by atoms with Crippen LogP contribution < -0.4 is 15.2 Å². The van der Waals surface area contributed by atoms with Crippen molar-refractivity contribution in [3.63, 3.8) is 0 Å². The van der Waals surface area contributed by atoms with E-state index in [9.17, 15) is 4.79 Å². The zero-order valence-electron chi connectivity index (χ0n) is 12.8. The Kier molecular flexibility index (Phi) is 4.30. The zero-order valence-corrected chi connectivity index (χ0v) is 13.6. The number of carboxylic acid groups (broad SMARTS) is 1. The fourth-order valence-electron chi connectivity index (χ4n) is 2.48. The SMILES string of the molecule is COc1cc(Cl)ccc1COc1nc(N)nc2c1CN(C(=O)O)C2. The molecule has 3 N–H and O–H groups in total. The Hall–Kier alpha value is -2.74. The number of nitrogens with two attached hydrogens (primary N) is 1. The van der Waals surface area contributed by atoms with Gasteiger partial charge in [0.25, 0.3) is 0 Å². The van der Waals surface area contributed by atoms with Crippen LogP contribution in [-0.4, -0.2) is 33.2 Å². The van der Waals surface area contributed by atoms with Gasteiger partial charge in [-0.3, -0.25) is 4.90 Å². The minimum Gasteiger partial charge on any atom is -0.496 e. The molecule has 0 unspecified atom stereocenters. The van der Waals surface area contributed by atoms with Crippen LogP contribution in [0.4, 0.5) is 10.7 Å². The first kappa shape index (κ1) is 16.1. The molecule has 0 radical (unpaired) electrons. The minimum atomic E-state index is -1.03. The summed E-state index contributed by atoms with van der Waals surface area (Å²) < 4.78 is 11.0. The van der Waals surface area contributed by atoms with Crippen LogP contribution in [0.1, 0.15) is 16.8 Å². The molecular weight excluding hydrogens is 336 g/mol. The van der Waals surface area contributed by atoms with Gasteiger partial charge in [-0.15, -0.1) is 0 Å². The zero-order chi connectivity index (χ0) is 17.3. The van der Waals surface area contributed by atoms with Gasteiger partial charge in [0.05, 0.1) is 31.5 Å². The first-order valence-electron chi connectivity index (χ1n) is 7.06. The van der Waals surface area contributed by atoms with Crippen molar-refractivity contribution in [3.05, 3.63) is 40.0 Å². The van der Waals surface area contributed by atoms with Crippen LogP contribution in [0.3, 0.4) is 0 Å². The predicted molar refractivity (Wildman–Crippen MR) is 86.1 cm³/mol. The number of anilines is 1. The maximum atomic E-state index is 11.1. The van der Waals surface area contributed by atoms with E-state index in [4.69, 9.17) is 31.9 Å². The molecule has 1 aromatic carbocycles. The van der Waals surface area contributed by atoms with Crippen molar-refractivity contribution in [1.82, 2.24) is 14.9 Å². The molecule has 0 atom stereocenters. The lowest BCUT2D eigenvalue weighted by Gasteiger charge is -2.12. The van der Waals surface area contributed by atoms with Gasteiger partial charge < -0.3 is 20.3 Å². The van der Waals surface area contributed by atoms with E-state index in [2.05, 4.69) is 9.97 Å². The van der Waals surface area contributed by atoms with Crippen LogP contribution in [0.2, 0.25) is 5.02 Å². The topological polar surface area (TPSA) is 111 Å². The highest BCUT2D eigenvalue weighted by molar-refractivity contribution is 6.30. The van der Waals surface area contributed by atoms with Crippen LogP contribution in [0, 0.1) is 0 Å². The first-order valence-corrected chi connectivity index (χ1v) is 7.44. The third kappa shape index (κ3) is 3.13. The molecular formula is C15H15ClN4O4. The number of benzene rings is 1. The number of nitrogen functional groups attached to an aromatic ring is 1. The second-order valence-electron chi connectivity index (χ2n) is 5.20. The summed E-state index contributed by atoms with van der Waals surface area (Å²) in [7, 11) is 1.54. The normalized spacial score (nSPS) is 12.8. The number of carbonyl (C=O) groups is 1. The summed E-state index contributed by atoms with van der Waals surface area (Å²) in [6.07, 6.45) is -1.03. The van der Waals surface area contributed by atoms with E-state index in [1.54, 1.807) is 25.3 Å². The van der Waals surface area contributed by atoms with Crippen LogP contribution in [0.25, 0.3) is 0 Å². The molecule has 24 heavy (non-hydrogen) atoms. The van der Waals surface area contributed by atoms with Crippen molar-refractivity contribution >= 4 is 23.6 Å². The van der Waals surface area contributed by atoms with Gasteiger partial charge in [0.15, 0.2) is 0 Å². The van der Waals surface area contributed by atoms with Crippen LogP contribution >= 0.6 is 11.6 Å². The first-order chi connectivity index (χ1) is 11.5. The second-order valence-corrected chi connectivity index (χ2v) is 5.63. The molecule has 0 saturated heterocycles. The van der Waals surface area contributed by atoms with Gasteiger partial charge in [0.2, 0.25) is 11.8 Å². The Morgan fingerprint density at radius 3 is 2.92 bits per heavy atom. The van der Waals surface area contributed by atoms with Gasteiger partial charge in [-0.2, -0.15) is 4.98 Å². The molecule has 0 bridgehead atoms. The van der Waals surface area contributed by atoms with E-state index in [0.717, 1.165) is 5.56 Å². The number of halogens is 1. The molecule has 9 heteroatoms. The summed E-state index contributed by atoms with van der Waals surface area (Å²) >= 11 is 5.94. The third-order valence-electron chi connectivity index (χ3n) is 3.65. The van der Waals surface area contributed by atoms with Crippen LogP contribution in [0.5, 0.6) is 11.6 Å². The molecule has 0 saturated carbocycles. The van der Waals surface area contributed by atoms with Gasteiger partial charge in [-0.05, 0) is 12.1 Å². The lowest BCUT2D eigenvalue weighted by Crippen LogP contribution is -2.22. The number of ether oxygens (including phenoxy) is 2. The molecule has 1 aliphatic rings. The number of nitrogens with zero attached hydrogens (tertiary/aromatic N) is 3. The van der Waals surface area contributed by atoms with Gasteiger partial charge >= 0.3 is 6.09 Å². The Labute approximate surface area is 142 Å². The number of amides is 1. The number of methoxy groups -OCH3 is 1. The standard InChI is InChI=1S/C15H15ClN4O4/c1-23-12-4-9(16)3-2-8(12)7-24-13-10-5-20(15(21)22)6-11(10)18-14(17)19-13/h2-4H,5-7H2,1H3,(H,21,22)(H2,17,18,19). The molecule has 3 rings (SSSR count). The summed E-state index contributed by atoms with van der Waals surface area (Å²) in [6.45, 7) is 0.506. The van der Waals surface area contributed by atoms with E-state index >= 15 is 0 Å². The van der Waals surface area contributed by atoms with Crippen LogP contribution in [-0.2, 0) is 19.7 Å². The molecule has 1 aromatic heterocycles. The van der Waals surface area contributed by atoms with Crippen molar-refractivity contribution in [3.8, 4) is 11.6 Å². The van der Waals surface area contributed by atoms with E-state index in [0.29, 0.717) is 22.0 Å². The number of rotatable bonds is 4. The number of hydrogen-bond acceptors (Lipinski definition) is 6. The fourth-order valence-corrected chi connectivity index (χ4v) is 2.64. The maximum absolute atomic E-state index is 11.1. The largest absolute Gasteiger partial charge is 0.496 e. The van der Waals surface area contributed by atoms with E-state index < -0.39 is 6.09 Å². The molecule has 8 nitrogen and oxygen atoms in total. The second kappa shape index (κ2) is 6.40. The average Bonchev–Trinajstić information content (AvgIpc) is 2.97. The Balaban J connectivity index is 1.84. The molecule has 0 aliphatic carbocycles. The van der Waals surface area contributed by atoms with E-state index in [1.165, 1.54) is 4.90 Å². The summed E-state index contributed by atoms with van der Waals surface area (Å²) in [5.41, 5.74) is 7.65. The van der Waals surface area contributed by atoms with Gasteiger partial charge in [-0.25, -0.2) is 9.78 Å². The maximum Gasteiger partial charge on any atom is 0.407 e. The summed E-state index contributed by atoms with van der Waals surface area (Å²) in [5, 5.41) is 9.68. The fraction of sp³-hybridized carbons (Fsp3) is 0.267. The number of fused-ring (bicyclic) bond motifs is 1. The summed E-state index contributed by atoms with van der Waals surface area (Å²) in [5.74, 6) is 0.908. The molecule has 0 fully saturated rings. The minimum absolute atomic E-state index is 0.0408. The predicted octanol–water partition coefficient (Wildman–Crippen LogP) is 2.29. The summed E-state index contributed by atoms with van der Waals surface area (Å²) in [6, 6.07) is 5.20. The Bertz CT molecular complexity index is 799. The lowest BCUT2D eigenvalue weighted by atomic mass is 10.2. The molecule has 1 amide bonds. The van der Waals surface area contributed by atoms with Crippen molar-refractivity contribution < 1.29 is 19.4 Å². The van der Waals surface area contributed by atoms with Crippen molar-refractivity contribution in [1.29, 1.82) is 0 Å². The average molecular weight is 351 g/mol. The summed E-state index contributed by atoms with van der Waals surface area (Å²) in [4.78, 5) is 20.5. The molecule has 2 heterocycles. The third-order valence-corrected chi connectivity index (χ3v) is 3.88. The van der Waals surface area contributed by atoms with Crippen LogP contribution in [0.15, 0.2) is 18.2 Å². The smallest absolute Gasteiger partial charge is 0.407 e. The number of hydrogen-bond donors (Lipinski definition) is 2. The van der Waals surface area contributed by atoms with Gasteiger partial charge in [0, 0.05) is 10.6 Å². The lowest BCUT2D eigenvalue weighted by molar-refractivity contribution is 0.144. The Morgan fingerprint density at radius 1 is 1.42 bits per heavy atom. The molecule has 0 spiro atoms. The van der Waals surface area contributed by atoms with Gasteiger partial charge in [0.1, 0.15) is 12.4 Å². The highest BCUT2D eigenvalue weighted by Crippen LogP contribution is 2.30. The van der Waals surface area contributed by atoms with Gasteiger partial charge in [-0.1, -0.05) is 17.7 Å². The highest BCUT2D eigenvalue weighted by Gasteiger charge is 2.28. The van der Waals surface area contributed by atoms with E-state index in [-0.39, 0.29) is 31.5 Å². The number of aromatic nitrogens is 2. The quantitative estimate of drug-likeness (QED) is 0.870. The highest BCUT2D eigenvalue weighted by atomic mass is 35.5. The van der Waals surface area contributed by atoms with Crippen molar-refractivity contribution in [2.75, 3.05) is 12.8 Å². The van der Waals surface area contributed by atoms with Crippen molar-refractivity contribution in [2.45, 2.75) is 19.7 Å². The molecule has 1 aliphatic heterocycles. The van der Waals surface area contributed by atoms with E-state index in [1.807, 2.05) is 0 Å². The Morgan fingerprint density at radius 2 is 2.21 bits per heavy atom. The monoisotopic (exact) mass is 350 g/mol. The van der Waals surface area contributed by atoms with Crippen molar-refractivity contribution in [2.24, 2.45) is 0 Å².